The molecule has 1 aromatic heterocycles. The Kier molecular flexibility index (Phi) is 3.96. The summed E-state index contributed by atoms with van der Waals surface area (Å²) in [7, 11) is 3.80. The molecule has 128 valence electrons. The fourth-order valence-corrected chi connectivity index (χ4v) is 3.60. The molecule has 0 radical (unpaired) electrons. The van der Waals surface area contributed by atoms with Crippen molar-refractivity contribution in [1.82, 2.24) is 14.9 Å². The predicted octanol–water partition coefficient (Wildman–Crippen LogP) is 2.99. The van der Waals surface area contributed by atoms with Gasteiger partial charge in [0.1, 0.15) is 23.4 Å². The van der Waals surface area contributed by atoms with Gasteiger partial charge in [0, 0.05) is 43.5 Å². The van der Waals surface area contributed by atoms with Crippen LogP contribution in [0.25, 0.3) is 0 Å². The first-order valence-electron chi connectivity index (χ1n) is 8.72. The number of imidazole rings is 1. The summed E-state index contributed by atoms with van der Waals surface area (Å²) in [6.45, 7) is 2.86. The molecule has 0 amide bonds. The maximum absolute atomic E-state index is 5.91. The summed E-state index contributed by atoms with van der Waals surface area (Å²) in [4.78, 5) is 4.54. The SMILES string of the molecule is COc1cc2c(cc1CNC(c1nccn1C)C1CC1)OC(C)C2. The summed E-state index contributed by atoms with van der Waals surface area (Å²) in [5.74, 6) is 3.73. The second-order valence-electron chi connectivity index (χ2n) is 7.00. The van der Waals surface area contributed by atoms with Crippen molar-refractivity contribution < 1.29 is 9.47 Å². The molecule has 1 fully saturated rings. The lowest BCUT2D eigenvalue weighted by molar-refractivity contribution is 0.254. The molecule has 2 heterocycles. The van der Waals surface area contributed by atoms with Crippen LogP contribution in [-0.2, 0) is 20.0 Å². The van der Waals surface area contributed by atoms with Gasteiger partial charge in [-0.05, 0) is 37.8 Å². The minimum absolute atomic E-state index is 0.250. The molecule has 0 spiro atoms. The topological polar surface area (TPSA) is 48.3 Å². The molecule has 5 heteroatoms. The van der Waals surface area contributed by atoms with Crippen LogP contribution in [0.3, 0.4) is 0 Å². The van der Waals surface area contributed by atoms with Crippen LogP contribution in [0, 0.1) is 5.92 Å². The molecular formula is C19H25N3O2. The standard InChI is InChI=1S/C19H25N3O2/c1-12-8-14-9-16(23-3)15(10-17(14)24-12)11-21-18(13-4-5-13)19-20-6-7-22(19)2/h6-7,9-10,12-13,18,21H,4-5,8,11H2,1-3H3. The van der Waals surface area contributed by atoms with Crippen LogP contribution in [0.2, 0.25) is 0 Å². The Bertz CT molecular complexity index is 736. The molecule has 0 bridgehead atoms. The number of aromatic nitrogens is 2. The maximum atomic E-state index is 5.91. The van der Waals surface area contributed by atoms with Gasteiger partial charge < -0.3 is 19.4 Å². The summed E-state index contributed by atoms with van der Waals surface area (Å²) in [6.07, 6.45) is 7.63. The zero-order chi connectivity index (χ0) is 16.7. The van der Waals surface area contributed by atoms with Crippen molar-refractivity contribution in [2.75, 3.05) is 7.11 Å². The molecule has 2 aromatic rings. The molecule has 2 aliphatic rings. The van der Waals surface area contributed by atoms with Crippen molar-refractivity contribution in [1.29, 1.82) is 0 Å². The van der Waals surface area contributed by atoms with E-state index in [4.69, 9.17) is 9.47 Å². The van der Waals surface area contributed by atoms with E-state index in [2.05, 4.69) is 41.0 Å². The number of hydrogen-bond donors (Lipinski definition) is 1. The molecule has 1 aliphatic carbocycles. The second-order valence-corrected chi connectivity index (χ2v) is 7.00. The van der Waals surface area contributed by atoms with Gasteiger partial charge >= 0.3 is 0 Å². The van der Waals surface area contributed by atoms with Gasteiger partial charge in [-0.1, -0.05) is 0 Å². The van der Waals surface area contributed by atoms with E-state index in [1.807, 2.05) is 12.4 Å². The highest BCUT2D eigenvalue weighted by Crippen LogP contribution is 2.41. The molecule has 1 aromatic carbocycles. The number of nitrogens with one attached hydrogen (secondary N) is 1. The number of hydrogen-bond acceptors (Lipinski definition) is 4. The van der Waals surface area contributed by atoms with Crippen LogP contribution in [-0.4, -0.2) is 22.8 Å². The van der Waals surface area contributed by atoms with Crippen LogP contribution >= 0.6 is 0 Å². The van der Waals surface area contributed by atoms with E-state index in [0.717, 1.165) is 35.9 Å². The summed E-state index contributed by atoms with van der Waals surface area (Å²) in [5, 5.41) is 3.70. The highest BCUT2D eigenvalue weighted by molar-refractivity contribution is 5.48. The third-order valence-electron chi connectivity index (χ3n) is 5.04. The fraction of sp³-hybridized carbons (Fsp3) is 0.526. The first-order valence-corrected chi connectivity index (χ1v) is 8.72. The minimum atomic E-state index is 0.250. The third-order valence-corrected chi connectivity index (χ3v) is 5.04. The lowest BCUT2D eigenvalue weighted by Crippen LogP contribution is -2.25. The monoisotopic (exact) mass is 327 g/mol. The van der Waals surface area contributed by atoms with Gasteiger partial charge in [0.2, 0.25) is 0 Å². The van der Waals surface area contributed by atoms with Crippen molar-refractivity contribution in [3.05, 3.63) is 41.5 Å². The van der Waals surface area contributed by atoms with Crippen molar-refractivity contribution in [3.63, 3.8) is 0 Å². The lowest BCUT2D eigenvalue weighted by Gasteiger charge is -2.19. The number of nitrogens with zero attached hydrogens (tertiary/aromatic N) is 2. The Morgan fingerprint density at radius 3 is 2.92 bits per heavy atom. The molecule has 2 atom stereocenters. The average Bonchev–Trinajstić information content (AvgIpc) is 3.21. The van der Waals surface area contributed by atoms with E-state index in [0.29, 0.717) is 12.0 Å². The smallest absolute Gasteiger partial charge is 0.125 e. The first-order chi connectivity index (χ1) is 11.7. The quantitative estimate of drug-likeness (QED) is 0.886. The van der Waals surface area contributed by atoms with Crippen molar-refractivity contribution in [3.8, 4) is 11.5 Å². The Hall–Kier alpha value is -2.01. The van der Waals surface area contributed by atoms with E-state index in [9.17, 15) is 0 Å². The molecule has 1 saturated carbocycles. The highest BCUT2D eigenvalue weighted by Gasteiger charge is 2.34. The molecule has 5 nitrogen and oxygen atoms in total. The Morgan fingerprint density at radius 1 is 1.42 bits per heavy atom. The van der Waals surface area contributed by atoms with E-state index < -0.39 is 0 Å². The largest absolute Gasteiger partial charge is 0.496 e. The van der Waals surface area contributed by atoms with Crippen LogP contribution in [0.1, 0.15) is 42.8 Å². The predicted molar refractivity (Wildman–Crippen MR) is 92.3 cm³/mol. The van der Waals surface area contributed by atoms with Gasteiger partial charge in [-0.3, -0.25) is 0 Å². The van der Waals surface area contributed by atoms with Crippen molar-refractivity contribution in [2.24, 2.45) is 13.0 Å². The summed E-state index contributed by atoms with van der Waals surface area (Å²) >= 11 is 0. The van der Waals surface area contributed by atoms with E-state index in [1.165, 1.54) is 18.4 Å². The van der Waals surface area contributed by atoms with Gasteiger partial charge in [-0.15, -0.1) is 0 Å². The van der Waals surface area contributed by atoms with Gasteiger partial charge in [-0.2, -0.15) is 0 Å². The van der Waals surface area contributed by atoms with Crippen molar-refractivity contribution >= 4 is 0 Å². The molecule has 4 rings (SSSR count). The van der Waals surface area contributed by atoms with E-state index in [1.54, 1.807) is 7.11 Å². The zero-order valence-electron chi connectivity index (χ0n) is 14.6. The van der Waals surface area contributed by atoms with Gasteiger partial charge in [0.05, 0.1) is 13.2 Å². The molecular weight excluding hydrogens is 302 g/mol. The number of benzene rings is 1. The van der Waals surface area contributed by atoms with Crippen LogP contribution in [0.5, 0.6) is 11.5 Å². The van der Waals surface area contributed by atoms with Gasteiger partial charge in [0.25, 0.3) is 0 Å². The number of fused-ring (bicyclic) bond motifs is 1. The second kappa shape index (κ2) is 6.13. The highest BCUT2D eigenvalue weighted by atomic mass is 16.5. The Balaban J connectivity index is 1.54. The minimum Gasteiger partial charge on any atom is -0.496 e. The average molecular weight is 327 g/mol. The number of ether oxygens (including phenoxy) is 2. The van der Waals surface area contributed by atoms with Crippen molar-refractivity contribution in [2.45, 2.75) is 44.9 Å². The number of rotatable bonds is 6. The first kappa shape index (κ1) is 15.5. The Morgan fingerprint density at radius 2 is 2.25 bits per heavy atom. The Labute approximate surface area is 143 Å². The third kappa shape index (κ3) is 2.88. The summed E-state index contributed by atoms with van der Waals surface area (Å²) in [5.41, 5.74) is 2.39. The van der Waals surface area contributed by atoms with Crippen LogP contribution in [0.15, 0.2) is 24.5 Å². The molecule has 2 unspecified atom stereocenters. The molecule has 1 N–H and O–H groups in total. The molecule has 0 saturated heterocycles. The van der Waals surface area contributed by atoms with E-state index in [-0.39, 0.29) is 6.10 Å². The molecule has 1 aliphatic heterocycles. The number of methoxy groups -OCH3 is 1. The van der Waals surface area contributed by atoms with E-state index >= 15 is 0 Å². The van der Waals surface area contributed by atoms with Crippen LogP contribution in [0.4, 0.5) is 0 Å². The maximum Gasteiger partial charge on any atom is 0.125 e. The summed E-state index contributed by atoms with van der Waals surface area (Å²) in [6, 6.07) is 4.55. The van der Waals surface area contributed by atoms with Gasteiger partial charge in [-0.25, -0.2) is 4.98 Å². The fourth-order valence-electron chi connectivity index (χ4n) is 3.60. The molecule has 24 heavy (non-hydrogen) atoms. The lowest BCUT2D eigenvalue weighted by atomic mass is 10.1. The normalized spacial score (nSPS) is 20.5. The van der Waals surface area contributed by atoms with Crippen LogP contribution < -0.4 is 14.8 Å². The van der Waals surface area contributed by atoms with Gasteiger partial charge in [0.15, 0.2) is 0 Å². The zero-order valence-corrected chi connectivity index (χ0v) is 14.6. The number of aryl methyl sites for hydroxylation is 1. The summed E-state index contributed by atoms with van der Waals surface area (Å²) < 4.78 is 13.6.